The van der Waals surface area contributed by atoms with Crippen molar-refractivity contribution in [2.45, 2.75) is 37.4 Å². The summed E-state index contributed by atoms with van der Waals surface area (Å²) in [6.07, 6.45) is 7.96. The van der Waals surface area contributed by atoms with Crippen LogP contribution in [-0.4, -0.2) is 24.1 Å². The molecular formula is C14H23NS. The highest BCUT2D eigenvalue weighted by atomic mass is 32.2. The predicted molar refractivity (Wildman–Crippen MR) is 69.7 cm³/mol. The fourth-order valence-electron chi connectivity index (χ4n) is 5.41. The van der Waals surface area contributed by atoms with Crippen LogP contribution in [0.25, 0.3) is 0 Å². The van der Waals surface area contributed by atoms with Crippen LogP contribution in [0.3, 0.4) is 0 Å². The van der Waals surface area contributed by atoms with Crippen molar-refractivity contribution in [3.05, 3.63) is 0 Å². The highest BCUT2D eigenvalue weighted by Gasteiger charge is 2.50. The van der Waals surface area contributed by atoms with Gasteiger partial charge in [0.1, 0.15) is 0 Å². The summed E-state index contributed by atoms with van der Waals surface area (Å²) in [6, 6.07) is 0. The van der Waals surface area contributed by atoms with Crippen molar-refractivity contribution in [3.8, 4) is 0 Å². The molecule has 1 nitrogen and oxygen atoms in total. The molecule has 0 radical (unpaired) electrons. The molecule has 4 aliphatic carbocycles. The zero-order valence-electron chi connectivity index (χ0n) is 10.0. The lowest BCUT2D eigenvalue weighted by molar-refractivity contribution is -0.0369. The highest BCUT2D eigenvalue weighted by molar-refractivity contribution is 8.00. The first-order chi connectivity index (χ1) is 7.90. The molecule has 1 aliphatic heterocycles. The summed E-state index contributed by atoms with van der Waals surface area (Å²) in [4.78, 5) is 0. The van der Waals surface area contributed by atoms with Gasteiger partial charge in [-0.3, -0.25) is 0 Å². The van der Waals surface area contributed by atoms with Gasteiger partial charge >= 0.3 is 0 Å². The van der Waals surface area contributed by atoms with Crippen LogP contribution in [0.1, 0.15) is 32.1 Å². The number of thioether (sulfide) groups is 1. The minimum Gasteiger partial charge on any atom is -0.315 e. The summed E-state index contributed by atoms with van der Waals surface area (Å²) in [5, 5.41) is 4.58. The fourth-order valence-corrected chi connectivity index (χ4v) is 6.87. The quantitative estimate of drug-likeness (QED) is 0.752. The molecule has 1 heterocycles. The molecule has 0 aromatic carbocycles. The second-order valence-corrected chi connectivity index (χ2v) is 7.97. The normalized spacial score (nSPS) is 55.5. The summed E-state index contributed by atoms with van der Waals surface area (Å²) in [6.45, 7) is 2.55. The first-order valence-corrected chi connectivity index (χ1v) is 8.27. The van der Waals surface area contributed by atoms with E-state index in [2.05, 4.69) is 17.1 Å². The molecule has 5 fully saturated rings. The van der Waals surface area contributed by atoms with Crippen LogP contribution in [0.2, 0.25) is 0 Å². The van der Waals surface area contributed by atoms with Gasteiger partial charge in [0.05, 0.1) is 0 Å². The fraction of sp³-hybridized carbons (Fsp3) is 1.00. The van der Waals surface area contributed by atoms with E-state index >= 15 is 0 Å². The van der Waals surface area contributed by atoms with Crippen molar-refractivity contribution >= 4 is 11.8 Å². The second-order valence-electron chi connectivity index (χ2n) is 6.62. The van der Waals surface area contributed by atoms with Gasteiger partial charge in [0, 0.05) is 24.1 Å². The Balaban J connectivity index is 1.55. The Morgan fingerprint density at radius 1 is 0.875 bits per heavy atom. The van der Waals surface area contributed by atoms with Gasteiger partial charge in [-0.1, -0.05) is 0 Å². The molecule has 90 valence electrons. The van der Waals surface area contributed by atoms with Crippen LogP contribution in [-0.2, 0) is 0 Å². The first kappa shape index (κ1) is 10.3. The van der Waals surface area contributed by atoms with Gasteiger partial charge in [-0.15, -0.1) is 0 Å². The lowest BCUT2D eigenvalue weighted by atomic mass is 9.51. The molecule has 0 aromatic rings. The van der Waals surface area contributed by atoms with Gasteiger partial charge in [-0.25, -0.2) is 0 Å². The van der Waals surface area contributed by atoms with E-state index in [1.165, 1.54) is 18.8 Å². The summed E-state index contributed by atoms with van der Waals surface area (Å²) in [5.74, 6) is 6.96. The van der Waals surface area contributed by atoms with Crippen LogP contribution >= 0.6 is 11.8 Å². The van der Waals surface area contributed by atoms with Crippen LogP contribution in [0, 0.1) is 29.6 Å². The average Bonchev–Trinajstić information content (AvgIpc) is 2.29. The minimum atomic E-state index is 0.962. The van der Waals surface area contributed by atoms with Gasteiger partial charge in [0.25, 0.3) is 0 Å². The third-order valence-corrected chi connectivity index (χ3v) is 7.03. The number of nitrogens with one attached hydrogen (secondary N) is 1. The average molecular weight is 237 g/mol. The number of rotatable bonds is 1. The third-order valence-electron chi connectivity index (χ3n) is 5.69. The first-order valence-electron chi connectivity index (χ1n) is 7.22. The molecule has 4 bridgehead atoms. The smallest absolute Gasteiger partial charge is 0.0206 e. The zero-order valence-corrected chi connectivity index (χ0v) is 10.8. The van der Waals surface area contributed by atoms with E-state index in [9.17, 15) is 0 Å². The summed E-state index contributed by atoms with van der Waals surface area (Å²) >= 11 is 2.28. The Bertz CT molecular complexity index is 241. The molecular weight excluding hydrogens is 214 g/mol. The van der Waals surface area contributed by atoms with Crippen LogP contribution in [0.4, 0.5) is 0 Å². The van der Waals surface area contributed by atoms with E-state index in [4.69, 9.17) is 0 Å². The zero-order chi connectivity index (χ0) is 10.5. The van der Waals surface area contributed by atoms with E-state index < -0.39 is 0 Å². The molecule has 0 spiro atoms. The summed E-state index contributed by atoms with van der Waals surface area (Å²) < 4.78 is 0. The minimum absolute atomic E-state index is 0.962. The molecule has 2 heteroatoms. The van der Waals surface area contributed by atoms with Gasteiger partial charge in [0.2, 0.25) is 0 Å². The Morgan fingerprint density at radius 3 is 2.12 bits per heavy atom. The van der Waals surface area contributed by atoms with E-state index in [0.29, 0.717) is 0 Å². The monoisotopic (exact) mass is 237 g/mol. The maximum Gasteiger partial charge on any atom is 0.0206 e. The maximum absolute atomic E-state index is 3.62. The molecule has 4 saturated carbocycles. The van der Waals surface area contributed by atoms with Crippen molar-refractivity contribution in [1.29, 1.82) is 0 Å². The van der Waals surface area contributed by atoms with E-state index in [-0.39, 0.29) is 0 Å². The highest BCUT2D eigenvalue weighted by Crippen LogP contribution is 2.58. The van der Waals surface area contributed by atoms with Crippen molar-refractivity contribution in [3.63, 3.8) is 0 Å². The van der Waals surface area contributed by atoms with Gasteiger partial charge in [-0.2, -0.15) is 11.8 Å². The largest absolute Gasteiger partial charge is 0.315 e. The Labute approximate surface area is 103 Å². The molecule has 5 aliphatic rings. The van der Waals surface area contributed by atoms with Crippen molar-refractivity contribution in [2.24, 2.45) is 29.6 Å². The number of hydrogen-bond acceptors (Lipinski definition) is 2. The molecule has 1 atom stereocenters. The lowest BCUT2D eigenvalue weighted by Gasteiger charge is -2.56. The van der Waals surface area contributed by atoms with Crippen molar-refractivity contribution in [2.75, 3.05) is 18.8 Å². The Morgan fingerprint density at radius 2 is 1.56 bits per heavy atom. The van der Waals surface area contributed by atoms with Crippen LogP contribution < -0.4 is 5.32 Å². The van der Waals surface area contributed by atoms with Crippen molar-refractivity contribution in [1.82, 2.24) is 5.32 Å². The number of hydrogen-bond donors (Lipinski definition) is 1. The maximum atomic E-state index is 3.62. The van der Waals surface area contributed by atoms with Crippen molar-refractivity contribution < 1.29 is 0 Å². The Kier molecular flexibility index (Phi) is 2.51. The molecule has 0 aromatic heterocycles. The lowest BCUT2D eigenvalue weighted by Crippen LogP contribution is -2.51. The molecule has 0 amide bonds. The van der Waals surface area contributed by atoms with Crippen LogP contribution in [0.5, 0.6) is 0 Å². The van der Waals surface area contributed by atoms with E-state index in [1.54, 1.807) is 32.1 Å². The standard InChI is InChI=1S/C14H23NS/c1-2-16-13(8-15-1)14-11-4-9-3-10(6-11)7-12(14)5-9/h9-15H,1-8H2. The molecule has 5 rings (SSSR count). The summed E-state index contributed by atoms with van der Waals surface area (Å²) in [5.41, 5.74) is 0. The molecule has 16 heavy (non-hydrogen) atoms. The molecule has 1 N–H and O–H groups in total. The van der Waals surface area contributed by atoms with Gasteiger partial charge in [-0.05, 0) is 61.7 Å². The topological polar surface area (TPSA) is 12.0 Å². The summed E-state index contributed by atoms with van der Waals surface area (Å²) in [7, 11) is 0. The molecule has 1 saturated heterocycles. The van der Waals surface area contributed by atoms with Gasteiger partial charge in [0.15, 0.2) is 0 Å². The second kappa shape index (κ2) is 3.91. The van der Waals surface area contributed by atoms with Gasteiger partial charge < -0.3 is 5.32 Å². The Hall–Kier alpha value is 0.310. The SMILES string of the molecule is C1CSC(C2C3CC4CC(C3)CC2C4)CN1. The third kappa shape index (κ3) is 1.56. The molecule has 1 unspecified atom stereocenters. The van der Waals surface area contributed by atoms with E-state index in [1.807, 2.05) is 0 Å². The van der Waals surface area contributed by atoms with Crippen LogP contribution in [0.15, 0.2) is 0 Å². The van der Waals surface area contributed by atoms with E-state index in [0.717, 1.165) is 34.8 Å². The predicted octanol–water partition coefficient (Wildman–Crippen LogP) is 2.76.